The van der Waals surface area contributed by atoms with Crippen LogP contribution in [0.3, 0.4) is 0 Å². The molecule has 0 spiro atoms. The van der Waals surface area contributed by atoms with E-state index in [0.717, 1.165) is 77.0 Å². The summed E-state index contributed by atoms with van der Waals surface area (Å²) >= 11 is 0. The number of ether oxygens (including phenoxy) is 3. The molecule has 6 heteroatoms. The Morgan fingerprint density at radius 3 is 0.826 bits per heavy atom. The molecule has 402 valence electrons. The maximum absolute atomic E-state index is 12.9. The zero-order chi connectivity index (χ0) is 50.0. The average molecular weight is 968 g/mol. The zero-order valence-corrected chi connectivity index (χ0v) is 46.1. The van der Waals surface area contributed by atoms with Crippen molar-refractivity contribution in [2.45, 2.75) is 322 Å². The number of hydrogen-bond donors (Lipinski definition) is 0. The summed E-state index contributed by atoms with van der Waals surface area (Å²) in [7, 11) is 0. The molecule has 0 N–H and O–H groups in total. The second-order valence-corrected chi connectivity index (χ2v) is 20.3. The summed E-state index contributed by atoms with van der Waals surface area (Å²) < 4.78 is 16.9. The van der Waals surface area contributed by atoms with Gasteiger partial charge in [0.25, 0.3) is 0 Å². The molecular formula is C63H114O6. The molecule has 0 aromatic heterocycles. The predicted molar refractivity (Wildman–Crippen MR) is 298 cm³/mol. The highest BCUT2D eigenvalue weighted by Gasteiger charge is 2.19. The van der Waals surface area contributed by atoms with Crippen LogP contribution in [0, 0.1) is 0 Å². The van der Waals surface area contributed by atoms with Crippen molar-refractivity contribution >= 4 is 17.9 Å². The Balaban J connectivity index is 4.36. The number of allylic oxidation sites excluding steroid dienone is 8. The summed E-state index contributed by atoms with van der Waals surface area (Å²) in [6.07, 6.45) is 70.9. The van der Waals surface area contributed by atoms with Crippen LogP contribution in [0.1, 0.15) is 316 Å². The van der Waals surface area contributed by atoms with Crippen molar-refractivity contribution in [1.29, 1.82) is 0 Å². The summed E-state index contributed by atoms with van der Waals surface area (Å²) in [4.78, 5) is 38.2. The molecule has 0 aliphatic rings. The van der Waals surface area contributed by atoms with Crippen molar-refractivity contribution in [3.63, 3.8) is 0 Å². The molecule has 0 bridgehead atoms. The maximum Gasteiger partial charge on any atom is 0.306 e. The number of esters is 3. The molecule has 1 atom stereocenters. The van der Waals surface area contributed by atoms with Gasteiger partial charge >= 0.3 is 17.9 Å². The third-order valence-electron chi connectivity index (χ3n) is 13.3. The smallest absolute Gasteiger partial charge is 0.306 e. The molecule has 0 saturated heterocycles. The Morgan fingerprint density at radius 1 is 0.290 bits per heavy atom. The second-order valence-electron chi connectivity index (χ2n) is 20.3. The minimum absolute atomic E-state index is 0.0743. The van der Waals surface area contributed by atoms with E-state index in [1.54, 1.807) is 0 Å². The lowest BCUT2D eigenvalue weighted by Crippen LogP contribution is -2.30. The van der Waals surface area contributed by atoms with Crippen LogP contribution < -0.4 is 0 Å². The monoisotopic (exact) mass is 967 g/mol. The minimum Gasteiger partial charge on any atom is -0.462 e. The Kier molecular flexibility index (Phi) is 55.7. The predicted octanol–water partition coefficient (Wildman–Crippen LogP) is 20.2. The molecule has 0 saturated carbocycles. The van der Waals surface area contributed by atoms with E-state index in [9.17, 15) is 14.4 Å². The van der Waals surface area contributed by atoms with Crippen molar-refractivity contribution in [2.75, 3.05) is 13.2 Å². The second kappa shape index (κ2) is 57.9. The Morgan fingerprint density at radius 2 is 0.522 bits per heavy atom. The van der Waals surface area contributed by atoms with Crippen molar-refractivity contribution in [3.8, 4) is 0 Å². The van der Waals surface area contributed by atoms with Crippen molar-refractivity contribution in [1.82, 2.24) is 0 Å². The molecule has 69 heavy (non-hydrogen) atoms. The quantitative estimate of drug-likeness (QED) is 0.0262. The molecule has 6 nitrogen and oxygen atoms in total. The standard InChI is InChI=1S/C63H114O6/c1-4-7-10-13-16-19-22-25-28-30-31-33-35-38-41-44-47-50-53-56-62(65)68-59-60(58-67-61(64)55-52-49-46-43-40-37-34-27-24-21-18-15-12-9-6-3)69-63(66)57-54-51-48-45-42-39-36-32-29-26-23-20-17-14-11-8-5-2/h16-17,19-20,25-26,28-29,60H,4-15,18,21-24,27,30-59H2,1-3H3/b19-16+,20-17+,28-25+,29-26+/t60-/m1/s1. The summed E-state index contributed by atoms with van der Waals surface area (Å²) in [5.74, 6) is -0.869. The van der Waals surface area contributed by atoms with E-state index >= 15 is 0 Å². The number of carbonyl (C=O) groups excluding carboxylic acids is 3. The first-order valence-corrected chi connectivity index (χ1v) is 30.1. The van der Waals surface area contributed by atoms with Crippen molar-refractivity contribution < 1.29 is 28.6 Å². The van der Waals surface area contributed by atoms with Crippen molar-refractivity contribution in [3.05, 3.63) is 48.6 Å². The SMILES string of the molecule is CCCCC/C=C/C/C=C/CCCCCCCCCCCC(=O)OC[C@@H](COC(=O)CCCCCCCCCCCCCCCCC)OC(=O)CCCCCCCCC/C=C/C/C=C/CCCCC. The summed E-state index contributed by atoms with van der Waals surface area (Å²) in [6, 6.07) is 0. The molecule has 0 amide bonds. The van der Waals surface area contributed by atoms with Gasteiger partial charge in [0, 0.05) is 19.3 Å². The fraction of sp³-hybridized carbons (Fsp3) is 0.825. The number of rotatable bonds is 55. The van der Waals surface area contributed by atoms with E-state index in [2.05, 4.69) is 69.4 Å². The van der Waals surface area contributed by atoms with Gasteiger partial charge in [-0.15, -0.1) is 0 Å². The van der Waals surface area contributed by atoms with Gasteiger partial charge in [0.1, 0.15) is 13.2 Å². The van der Waals surface area contributed by atoms with Crippen molar-refractivity contribution in [2.24, 2.45) is 0 Å². The van der Waals surface area contributed by atoms with Gasteiger partial charge in [-0.3, -0.25) is 14.4 Å². The van der Waals surface area contributed by atoms with Crippen LogP contribution in [-0.4, -0.2) is 37.2 Å². The molecule has 0 rings (SSSR count). The first kappa shape index (κ1) is 66.4. The minimum atomic E-state index is -0.777. The molecule has 0 fully saturated rings. The third kappa shape index (κ3) is 56.2. The highest BCUT2D eigenvalue weighted by Crippen LogP contribution is 2.16. The summed E-state index contributed by atoms with van der Waals surface area (Å²) in [5.41, 5.74) is 0. The van der Waals surface area contributed by atoms with Gasteiger partial charge in [-0.05, 0) is 83.5 Å². The van der Waals surface area contributed by atoms with E-state index in [0.29, 0.717) is 19.3 Å². The van der Waals surface area contributed by atoms with E-state index in [1.165, 1.54) is 199 Å². The van der Waals surface area contributed by atoms with Crippen LogP contribution in [0.25, 0.3) is 0 Å². The summed E-state index contributed by atoms with van der Waals surface area (Å²) in [5, 5.41) is 0. The van der Waals surface area contributed by atoms with Gasteiger partial charge in [-0.2, -0.15) is 0 Å². The maximum atomic E-state index is 12.9. The van der Waals surface area contributed by atoms with Gasteiger partial charge in [0.2, 0.25) is 0 Å². The van der Waals surface area contributed by atoms with Gasteiger partial charge in [-0.25, -0.2) is 0 Å². The molecule has 0 heterocycles. The highest BCUT2D eigenvalue weighted by molar-refractivity contribution is 5.71. The Hall–Kier alpha value is -2.63. The van der Waals surface area contributed by atoms with Gasteiger partial charge in [0.15, 0.2) is 6.10 Å². The molecule has 0 aliphatic carbocycles. The normalized spacial score (nSPS) is 12.3. The Bertz CT molecular complexity index is 1200. The van der Waals surface area contributed by atoms with E-state index in [1.807, 2.05) is 0 Å². The average Bonchev–Trinajstić information content (AvgIpc) is 3.35. The first-order chi connectivity index (χ1) is 34.0. The number of carbonyl (C=O) groups is 3. The number of hydrogen-bond acceptors (Lipinski definition) is 6. The molecule has 0 unspecified atom stereocenters. The lowest BCUT2D eigenvalue weighted by atomic mass is 10.0. The molecule has 0 aromatic carbocycles. The van der Waals surface area contributed by atoms with Crippen LogP contribution in [0.4, 0.5) is 0 Å². The van der Waals surface area contributed by atoms with Crippen LogP contribution in [0.15, 0.2) is 48.6 Å². The van der Waals surface area contributed by atoms with Gasteiger partial charge in [0.05, 0.1) is 0 Å². The fourth-order valence-electron chi connectivity index (χ4n) is 8.74. The van der Waals surface area contributed by atoms with Gasteiger partial charge < -0.3 is 14.2 Å². The topological polar surface area (TPSA) is 78.9 Å². The van der Waals surface area contributed by atoms with Crippen LogP contribution in [-0.2, 0) is 28.6 Å². The largest absolute Gasteiger partial charge is 0.462 e. The van der Waals surface area contributed by atoms with E-state index in [4.69, 9.17) is 14.2 Å². The Labute approximate surface area is 428 Å². The van der Waals surface area contributed by atoms with Crippen LogP contribution in [0.5, 0.6) is 0 Å². The van der Waals surface area contributed by atoms with E-state index < -0.39 is 6.10 Å². The lowest BCUT2D eigenvalue weighted by Gasteiger charge is -2.18. The molecule has 0 radical (unpaired) electrons. The first-order valence-electron chi connectivity index (χ1n) is 30.1. The number of unbranched alkanes of at least 4 members (excludes halogenated alkanes) is 36. The fourth-order valence-corrected chi connectivity index (χ4v) is 8.74. The molecular weight excluding hydrogens is 853 g/mol. The summed E-state index contributed by atoms with van der Waals surface area (Å²) in [6.45, 7) is 6.62. The molecule has 0 aromatic rings. The van der Waals surface area contributed by atoms with Crippen LogP contribution in [0.2, 0.25) is 0 Å². The van der Waals surface area contributed by atoms with E-state index in [-0.39, 0.29) is 31.1 Å². The highest BCUT2D eigenvalue weighted by atomic mass is 16.6. The van der Waals surface area contributed by atoms with Gasteiger partial charge in [-0.1, -0.05) is 262 Å². The van der Waals surface area contributed by atoms with Crippen LogP contribution >= 0.6 is 0 Å². The molecule has 0 aliphatic heterocycles. The third-order valence-corrected chi connectivity index (χ3v) is 13.3. The lowest BCUT2D eigenvalue weighted by molar-refractivity contribution is -0.167. The zero-order valence-electron chi connectivity index (χ0n) is 46.1.